The first kappa shape index (κ1) is 18.8. The van der Waals surface area contributed by atoms with Crippen molar-refractivity contribution in [3.8, 4) is 17.6 Å². The minimum Gasteiger partial charge on any atom is -0.454 e. The van der Waals surface area contributed by atoms with Crippen LogP contribution in [0.2, 0.25) is 0 Å². The molecule has 7 heteroatoms. The van der Waals surface area contributed by atoms with Crippen molar-refractivity contribution in [2.24, 2.45) is 0 Å². The molecule has 2 heterocycles. The van der Waals surface area contributed by atoms with Crippen LogP contribution in [0.4, 0.5) is 5.00 Å². The standard InChI is InChI=1S/C21H23N3O3S/c1-24(12-14-6-7-17-18(10-14)27-13-26-17)9-8-20(25)23-21-16(11-22)15-4-2-3-5-19(15)28-21/h6-7,10H,2-5,8-9,12-13H2,1H3,(H,23,25). The van der Waals surface area contributed by atoms with E-state index in [9.17, 15) is 10.1 Å². The van der Waals surface area contributed by atoms with Crippen LogP contribution < -0.4 is 14.8 Å². The summed E-state index contributed by atoms with van der Waals surface area (Å²) in [6, 6.07) is 8.20. The van der Waals surface area contributed by atoms with Crippen LogP contribution in [-0.4, -0.2) is 31.2 Å². The molecule has 0 atom stereocenters. The number of fused-ring (bicyclic) bond motifs is 2. The zero-order valence-electron chi connectivity index (χ0n) is 15.9. The molecule has 146 valence electrons. The second-order valence-electron chi connectivity index (χ2n) is 7.25. The van der Waals surface area contributed by atoms with Gasteiger partial charge in [-0.25, -0.2) is 0 Å². The van der Waals surface area contributed by atoms with E-state index in [-0.39, 0.29) is 12.7 Å². The zero-order chi connectivity index (χ0) is 19.5. The third-order valence-corrected chi connectivity index (χ3v) is 6.35. The van der Waals surface area contributed by atoms with Crippen LogP contribution in [0, 0.1) is 11.3 Å². The topological polar surface area (TPSA) is 74.6 Å². The van der Waals surface area contributed by atoms with Gasteiger partial charge in [0.15, 0.2) is 11.5 Å². The number of rotatable bonds is 6. The van der Waals surface area contributed by atoms with Crippen LogP contribution in [-0.2, 0) is 24.2 Å². The second-order valence-corrected chi connectivity index (χ2v) is 8.36. The predicted molar refractivity (Wildman–Crippen MR) is 108 cm³/mol. The first-order valence-electron chi connectivity index (χ1n) is 9.55. The van der Waals surface area contributed by atoms with E-state index in [1.54, 1.807) is 11.3 Å². The Bertz CT molecular complexity index is 932. The highest BCUT2D eigenvalue weighted by Gasteiger charge is 2.22. The van der Waals surface area contributed by atoms with Gasteiger partial charge in [-0.1, -0.05) is 6.07 Å². The molecule has 1 aliphatic heterocycles. The summed E-state index contributed by atoms with van der Waals surface area (Å²) in [5.74, 6) is 1.50. The van der Waals surface area contributed by atoms with Crippen LogP contribution >= 0.6 is 11.3 Å². The maximum atomic E-state index is 12.4. The van der Waals surface area contributed by atoms with Gasteiger partial charge in [0, 0.05) is 24.4 Å². The van der Waals surface area contributed by atoms with Gasteiger partial charge in [-0.3, -0.25) is 4.79 Å². The quantitative estimate of drug-likeness (QED) is 0.805. The first-order valence-corrected chi connectivity index (χ1v) is 10.4. The summed E-state index contributed by atoms with van der Waals surface area (Å²) in [5, 5.41) is 13.2. The van der Waals surface area contributed by atoms with Gasteiger partial charge in [-0.05, 0) is 56.0 Å². The van der Waals surface area contributed by atoms with Gasteiger partial charge in [0.25, 0.3) is 0 Å². The number of carbonyl (C=O) groups is 1. The largest absolute Gasteiger partial charge is 0.454 e. The Hall–Kier alpha value is -2.56. The summed E-state index contributed by atoms with van der Waals surface area (Å²) >= 11 is 1.57. The third kappa shape index (κ3) is 3.98. The fourth-order valence-electron chi connectivity index (χ4n) is 3.68. The van der Waals surface area contributed by atoms with Crippen LogP contribution in [0.5, 0.6) is 11.5 Å². The van der Waals surface area contributed by atoms with Gasteiger partial charge in [-0.2, -0.15) is 5.26 Å². The Balaban J connectivity index is 1.31. The van der Waals surface area contributed by atoms with Crippen molar-refractivity contribution in [3.05, 3.63) is 39.8 Å². The van der Waals surface area contributed by atoms with Gasteiger partial charge >= 0.3 is 0 Å². The number of hydrogen-bond donors (Lipinski definition) is 1. The molecule has 0 bridgehead atoms. The molecule has 0 unspecified atom stereocenters. The monoisotopic (exact) mass is 397 g/mol. The van der Waals surface area contributed by atoms with E-state index < -0.39 is 0 Å². The van der Waals surface area contributed by atoms with E-state index in [1.165, 1.54) is 4.88 Å². The number of aryl methyl sites for hydroxylation is 1. The van der Waals surface area contributed by atoms with Crippen molar-refractivity contribution < 1.29 is 14.3 Å². The molecule has 1 N–H and O–H groups in total. The number of ether oxygens (including phenoxy) is 2. The second kappa shape index (κ2) is 8.21. The van der Waals surface area contributed by atoms with Crippen molar-refractivity contribution in [3.63, 3.8) is 0 Å². The van der Waals surface area contributed by atoms with E-state index in [0.717, 1.165) is 59.9 Å². The Kier molecular flexibility index (Phi) is 5.51. The normalized spacial score (nSPS) is 14.6. The number of anilines is 1. The molecule has 1 aromatic heterocycles. The summed E-state index contributed by atoms with van der Waals surface area (Å²) in [4.78, 5) is 15.8. The van der Waals surface area contributed by atoms with Crippen LogP contribution in [0.25, 0.3) is 0 Å². The first-order chi connectivity index (χ1) is 13.6. The fraction of sp³-hybridized carbons (Fsp3) is 0.429. The SMILES string of the molecule is CN(CCC(=O)Nc1sc2c(c1C#N)CCCC2)Cc1ccc2c(c1)OCO2. The lowest BCUT2D eigenvalue weighted by Gasteiger charge is -2.16. The van der Waals surface area contributed by atoms with Gasteiger partial charge in [-0.15, -0.1) is 11.3 Å². The van der Waals surface area contributed by atoms with E-state index in [0.29, 0.717) is 18.5 Å². The maximum absolute atomic E-state index is 12.4. The summed E-state index contributed by atoms with van der Waals surface area (Å²) in [5.41, 5.74) is 2.93. The molecule has 0 saturated heterocycles. The van der Waals surface area contributed by atoms with E-state index in [4.69, 9.17) is 9.47 Å². The zero-order valence-corrected chi connectivity index (χ0v) is 16.7. The molecule has 1 amide bonds. The number of nitrogens with one attached hydrogen (secondary N) is 1. The Morgan fingerprint density at radius 1 is 1.29 bits per heavy atom. The van der Waals surface area contributed by atoms with Gasteiger partial charge in [0.2, 0.25) is 12.7 Å². The molecule has 0 fully saturated rings. The number of nitriles is 1. The number of amides is 1. The number of thiophene rings is 1. The summed E-state index contributed by atoms with van der Waals surface area (Å²) in [6.07, 6.45) is 4.63. The highest BCUT2D eigenvalue weighted by atomic mass is 32.1. The highest BCUT2D eigenvalue weighted by Crippen LogP contribution is 2.37. The fourth-order valence-corrected chi connectivity index (χ4v) is 4.94. The van der Waals surface area contributed by atoms with Crippen LogP contribution in [0.15, 0.2) is 18.2 Å². The number of carbonyl (C=O) groups excluding carboxylic acids is 1. The van der Waals surface area contributed by atoms with Gasteiger partial charge in [0.1, 0.15) is 11.1 Å². The van der Waals surface area contributed by atoms with Crippen molar-refractivity contribution in [2.75, 3.05) is 25.7 Å². The van der Waals surface area contributed by atoms with Crippen molar-refractivity contribution in [1.82, 2.24) is 4.90 Å². The minimum atomic E-state index is -0.0485. The van der Waals surface area contributed by atoms with E-state index in [1.807, 2.05) is 25.2 Å². The molecule has 0 radical (unpaired) electrons. The minimum absolute atomic E-state index is 0.0485. The average molecular weight is 398 g/mol. The van der Waals surface area contributed by atoms with Gasteiger partial charge < -0.3 is 19.7 Å². The molecule has 28 heavy (non-hydrogen) atoms. The molecule has 2 aromatic rings. The number of nitrogens with zero attached hydrogens (tertiary/aromatic N) is 2. The molecular formula is C21H23N3O3S. The molecule has 1 aromatic carbocycles. The lowest BCUT2D eigenvalue weighted by atomic mass is 9.96. The highest BCUT2D eigenvalue weighted by molar-refractivity contribution is 7.16. The van der Waals surface area contributed by atoms with E-state index >= 15 is 0 Å². The number of hydrogen-bond acceptors (Lipinski definition) is 6. The molecule has 0 spiro atoms. The maximum Gasteiger partial charge on any atom is 0.231 e. The Labute approximate surface area is 168 Å². The average Bonchev–Trinajstić information content (AvgIpc) is 3.29. The molecule has 6 nitrogen and oxygen atoms in total. The Morgan fingerprint density at radius 3 is 2.96 bits per heavy atom. The molecule has 0 saturated carbocycles. The molecule has 4 rings (SSSR count). The predicted octanol–water partition coefficient (Wildman–Crippen LogP) is 3.69. The van der Waals surface area contributed by atoms with E-state index in [2.05, 4.69) is 16.3 Å². The smallest absolute Gasteiger partial charge is 0.231 e. The van der Waals surface area contributed by atoms with Crippen LogP contribution in [0.3, 0.4) is 0 Å². The molecule has 1 aliphatic carbocycles. The molecular weight excluding hydrogens is 374 g/mol. The third-order valence-electron chi connectivity index (χ3n) is 5.15. The summed E-state index contributed by atoms with van der Waals surface area (Å²) in [7, 11) is 1.99. The summed E-state index contributed by atoms with van der Waals surface area (Å²) < 4.78 is 10.7. The lowest BCUT2D eigenvalue weighted by molar-refractivity contribution is -0.116. The molecule has 2 aliphatic rings. The Morgan fingerprint density at radius 2 is 2.11 bits per heavy atom. The van der Waals surface area contributed by atoms with Gasteiger partial charge in [0.05, 0.1) is 5.56 Å². The van der Waals surface area contributed by atoms with Crippen molar-refractivity contribution in [2.45, 2.75) is 38.6 Å². The number of benzene rings is 1. The lowest BCUT2D eigenvalue weighted by Crippen LogP contribution is -2.24. The van der Waals surface area contributed by atoms with Crippen molar-refractivity contribution >= 4 is 22.2 Å². The van der Waals surface area contributed by atoms with Crippen LogP contribution in [0.1, 0.15) is 40.8 Å². The van der Waals surface area contributed by atoms with Crippen molar-refractivity contribution in [1.29, 1.82) is 5.26 Å². The summed E-state index contributed by atoms with van der Waals surface area (Å²) in [6.45, 7) is 1.62.